The van der Waals surface area contributed by atoms with E-state index in [-0.39, 0.29) is 5.91 Å². The molecule has 0 unspecified atom stereocenters. The number of carbonyl (C=O) groups excluding carboxylic acids is 1. The van der Waals surface area contributed by atoms with Crippen LogP contribution in [0.1, 0.15) is 11.4 Å². The van der Waals surface area contributed by atoms with Crippen molar-refractivity contribution in [2.45, 2.75) is 13.0 Å². The number of rotatable bonds is 5. The van der Waals surface area contributed by atoms with E-state index in [4.69, 9.17) is 4.74 Å². The van der Waals surface area contributed by atoms with Gasteiger partial charge in [0.25, 0.3) is 0 Å². The maximum absolute atomic E-state index is 12.9. The molecule has 1 aliphatic rings. The fourth-order valence-corrected chi connectivity index (χ4v) is 4.33. The first-order chi connectivity index (χ1) is 15.2. The molecule has 5 rings (SSSR count). The van der Waals surface area contributed by atoms with E-state index in [0.29, 0.717) is 6.42 Å². The zero-order valence-electron chi connectivity index (χ0n) is 17.7. The molecule has 0 aliphatic carbocycles. The number of aromatic amines is 1. The number of ether oxygens (including phenoxy) is 1. The molecule has 1 fully saturated rings. The Labute approximate surface area is 181 Å². The molecule has 1 aromatic heterocycles. The number of aromatic nitrogens is 2. The van der Waals surface area contributed by atoms with Crippen molar-refractivity contribution in [2.24, 2.45) is 0 Å². The molecule has 4 aromatic rings. The summed E-state index contributed by atoms with van der Waals surface area (Å²) in [6.45, 7) is 3.95. The fourth-order valence-electron chi connectivity index (χ4n) is 4.33. The van der Waals surface area contributed by atoms with Gasteiger partial charge in [-0.05, 0) is 28.5 Å². The summed E-state index contributed by atoms with van der Waals surface area (Å²) in [5.41, 5.74) is 3.03. The fraction of sp³-hybridized carbons (Fsp3) is 0.280. The van der Waals surface area contributed by atoms with Crippen molar-refractivity contribution in [1.29, 1.82) is 0 Å². The lowest BCUT2D eigenvalue weighted by Crippen LogP contribution is -2.48. The number of methoxy groups -OCH3 is 1. The van der Waals surface area contributed by atoms with Gasteiger partial charge >= 0.3 is 0 Å². The lowest BCUT2D eigenvalue weighted by atomic mass is 10.0. The van der Waals surface area contributed by atoms with E-state index in [1.807, 2.05) is 41.3 Å². The van der Waals surface area contributed by atoms with Gasteiger partial charge in [0.05, 0.1) is 31.1 Å². The van der Waals surface area contributed by atoms with Crippen molar-refractivity contribution >= 4 is 27.7 Å². The number of H-pyrrole nitrogens is 1. The molecular formula is C25H26N4O2. The molecule has 0 spiro atoms. The third kappa shape index (κ3) is 4.11. The van der Waals surface area contributed by atoms with E-state index in [2.05, 4.69) is 39.1 Å². The van der Waals surface area contributed by atoms with Crippen LogP contribution in [0.25, 0.3) is 21.8 Å². The van der Waals surface area contributed by atoms with Crippen LogP contribution in [0.4, 0.5) is 0 Å². The number of fused-ring (bicyclic) bond motifs is 2. The summed E-state index contributed by atoms with van der Waals surface area (Å²) in [4.78, 5) is 25.3. The number of amides is 1. The van der Waals surface area contributed by atoms with Crippen LogP contribution in [-0.4, -0.2) is 59.0 Å². The molecule has 1 aliphatic heterocycles. The van der Waals surface area contributed by atoms with Gasteiger partial charge in [-0.3, -0.25) is 9.69 Å². The number of nitrogens with one attached hydrogen (secondary N) is 1. The summed E-state index contributed by atoms with van der Waals surface area (Å²) in [6.07, 6.45) is 0.451. The van der Waals surface area contributed by atoms with Gasteiger partial charge in [-0.25, -0.2) is 4.98 Å². The van der Waals surface area contributed by atoms with Crippen molar-refractivity contribution in [2.75, 3.05) is 33.3 Å². The normalized spacial score (nSPS) is 14.9. The number of nitrogens with zero attached hydrogens (tertiary/aromatic N) is 3. The predicted octanol–water partition coefficient (Wildman–Crippen LogP) is 3.61. The van der Waals surface area contributed by atoms with Gasteiger partial charge in [-0.15, -0.1) is 0 Å². The first kappa shape index (κ1) is 19.6. The molecule has 1 saturated heterocycles. The second kappa shape index (κ2) is 8.40. The van der Waals surface area contributed by atoms with Crippen LogP contribution in [0, 0.1) is 0 Å². The minimum Gasteiger partial charge on any atom is -0.497 e. The minimum atomic E-state index is 0.201. The lowest BCUT2D eigenvalue weighted by molar-refractivity contribution is -0.132. The Kier molecular flexibility index (Phi) is 5.30. The standard InChI is InChI=1S/C25H26N4O2/c1-31-20-9-10-22-23(16-20)27-24(26-22)17-28-11-13-29(14-12-28)25(30)15-19-7-4-6-18-5-2-3-8-21(18)19/h2-10,16H,11-15,17H2,1H3,(H,26,27). The van der Waals surface area contributed by atoms with Crippen molar-refractivity contribution in [3.05, 3.63) is 72.1 Å². The van der Waals surface area contributed by atoms with E-state index >= 15 is 0 Å². The second-order valence-electron chi connectivity index (χ2n) is 8.04. The van der Waals surface area contributed by atoms with Crippen LogP contribution < -0.4 is 4.74 Å². The van der Waals surface area contributed by atoms with Crippen molar-refractivity contribution in [3.63, 3.8) is 0 Å². The van der Waals surface area contributed by atoms with Gasteiger partial charge < -0.3 is 14.6 Å². The molecular weight excluding hydrogens is 388 g/mol. The molecule has 2 heterocycles. The molecule has 0 saturated carbocycles. The zero-order valence-corrected chi connectivity index (χ0v) is 17.7. The van der Waals surface area contributed by atoms with Crippen LogP contribution >= 0.6 is 0 Å². The van der Waals surface area contributed by atoms with E-state index in [1.165, 1.54) is 10.8 Å². The van der Waals surface area contributed by atoms with Crippen molar-refractivity contribution in [1.82, 2.24) is 19.8 Å². The average molecular weight is 415 g/mol. The Morgan fingerprint density at radius 1 is 1.03 bits per heavy atom. The first-order valence-corrected chi connectivity index (χ1v) is 10.7. The molecule has 6 heteroatoms. The Bertz CT molecular complexity index is 1220. The molecule has 3 aromatic carbocycles. The Hall–Kier alpha value is -3.38. The SMILES string of the molecule is COc1ccc2nc(CN3CCN(C(=O)Cc4cccc5ccccc45)CC3)[nH]c2c1. The molecule has 0 bridgehead atoms. The minimum absolute atomic E-state index is 0.201. The largest absolute Gasteiger partial charge is 0.497 e. The average Bonchev–Trinajstić information content (AvgIpc) is 3.21. The summed E-state index contributed by atoms with van der Waals surface area (Å²) in [5, 5.41) is 2.35. The van der Waals surface area contributed by atoms with Crippen LogP contribution in [0.15, 0.2) is 60.7 Å². The third-order valence-electron chi connectivity index (χ3n) is 6.06. The molecule has 158 valence electrons. The van der Waals surface area contributed by atoms with Gasteiger partial charge in [-0.1, -0.05) is 42.5 Å². The summed E-state index contributed by atoms with van der Waals surface area (Å²) in [5.74, 6) is 1.96. The topological polar surface area (TPSA) is 61.5 Å². The predicted molar refractivity (Wildman–Crippen MR) is 122 cm³/mol. The van der Waals surface area contributed by atoms with Crippen molar-refractivity contribution < 1.29 is 9.53 Å². The highest BCUT2D eigenvalue weighted by molar-refractivity contribution is 5.90. The van der Waals surface area contributed by atoms with Crippen LogP contribution in [0.2, 0.25) is 0 Å². The highest BCUT2D eigenvalue weighted by Gasteiger charge is 2.22. The van der Waals surface area contributed by atoms with Gasteiger partial charge in [0.1, 0.15) is 11.6 Å². The molecule has 0 radical (unpaired) electrons. The number of hydrogen-bond donors (Lipinski definition) is 1. The Morgan fingerprint density at radius 3 is 2.68 bits per heavy atom. The smallest absolute Gasteiger partial charge is 0.227 e. The Balaban J connectivity index is 1.19. The van der Waals surface area contributed by atoms with Crippen LogP contribution in [0.3, 0.4) is 0 Å². The van der Waals surface area contributed by atoms with Gasteiger partial charge in [0.15, 0.2) is 0 Å². The van der Waals surface area contributed by atoms with E-state index in [9.17, 15) is 4.79 Å². The Morgan fingerprint density at radius 2 is 1.84 bits per heavy atom. The van der Waals surface area contributed by atoms with Gasteiger partial charge in [0.2, 0.25) is 5.91 Å². The van der Waals surface area contributed by atoms with Crippen LogP contribution in [-0.2, 0) is 17.8 Å². The number of imidazole rings is 1. The molecule has 0 atom stereocenters. The van der Waals surface area contributed by atoms with Crippen LogP contribution in [0.5, 0.6) is 5.75 Å². The highest BCUT2D eigenvalue weighted by Crippen LogP contribution is 2.21. The maximum Gasteiger partial charge on any atom is 0.227 e. The first-order valence-electron chi connectivity index (χ1n) is 10.7. The summed E-state index contributed by atoms with van der Waals surface area (Å²) in [7, 11) is 1.67. The van der Waals surface area contributed by atoms with E-state index < -0.39 is 0 Å². The van der Waals surface area contributed by atoms with Crippen molar-refractivity contribution in [3.8, 4) is 5.75 Å². The lowest BCUT2D eigenvalue weighted by Gasteiger charge is -2.34. The van der Waals surface area contributed by atoms with E-state index in [0.717, 1.165) is 60.9 Å². The zero-order chi connectivity index (χ0) is 21.2. The van der Waals surface area contributed by atoms with Gasteiger partial charge in [-0.2, -0.15) is 0 Å². The summed E-state index contributed by atoms with van der Waals surface area (Å²) in [6, 6.07) is 20.3. The van der Waals surface area contributed by atoms with Gasteiger partial charge in [0, 0.05) is 32.2 Å². The number of hydrogen-bond acceptors (Lipinski definition) is 4. The monoisotopic (exact) mass is 414 g/mol. The second-order valence-corrected chi connectivity index (χ2v) is 8.04. The molecule has 1 N–H and O–H groups in total. The third-order valence-corrected chi connectivity index (χ3v) is 6.06. The van der Waals surface area contributed by atoms with E-state index in [1.54, 1.807) is 7.11 Å². The quantitative estimate of drug-likeness (QED) is 0.542. The number of benzene rings is 3. The molecule has 31 heavy (non-hydrogen) atoms. The highest BCUT2D eigenvalue weighted by atomic mass is 16.5. The number of carbonyl (C=O) groups is 1. The molecule has 1 amide bonds. The number of piperazine rings is 1. The maximum atomic E-state index is 12.9. The molecule has 6 nitrogen and oxygen atoms in total. The summed E-state index contributed by atoms with van der Waals surface area (Å²) >= 11 is 0. The summed E-state index contributed by atoms with van der Waals surface area (Å²) < 4.78 is 5.29.